The molecule has 1 N–H and O–H groups in total. The minimum Gasteiger partial charge on any atom is -0.457 e. The summed E-state index contributed by atoms with van der Waals surface area (Å²) in [6.07, 6.45) is -2.39. The molecule has 1 fully saturated rings. The Kier molecular flexibility index (Phi) is 7.60. The Morgan fingerprint density at radius 1 is 1.09 bits per heavy atom. The Morgan fingerprint density at radius 3 is 2.67 bits per heavy atom. The number of ether oxygens (including phenoxy) is 2. The quantitative estimate of drug-likeness (QED) is 0.241. The van der Waals surface area contributed by atoms with E-state index >= 15 is 0 Å². The first-order chi connectivity index (χ1) is 21.5. The molecular weight excluding hydrogens is 591 g/mol. The van der Waals surface area contributed by atoms with Crippen molar-refractivity contribution in [3.63, 3.8) is 0 Å². The van der Waals surface area contributed by atoms with Gasteiger partial charge >= 0.3 is 6.36 Å². The van der Waals surface area contributed by atoms with Crippen molar-refractivity contribution < 1.29 is 27.4 Å². The van der Waals surface area contributed by atoms with Gasteiger partial charge in [0.15, 0.2) is 11.6 Å². The smallest absolute Gasteiger partial charge is 0.457 e. The van der Waals surface area contributed by atoms with E-state index in [1.165, 1.54) is 24.5 Å². The predicted molar refractivity (Wildman–Crippen MR) is 161 cm³/mol. The van der Waals surface area contributed by atoms with Gasteiger partial charge in [0.05, 0.1) is 16.7 Å². The van der Waals surface area contributed by atoms with Crippen LogP contribution in [0, 0.1) is 6.92 Å². The van der Waals surface area contributed by atoms with Crippen molar-refractivity contribution in [2.75, 3.05) is 29.9 Å². The van der Waals surface area contributed by atoms with Gasteiger partial charge in [-0.1, -0.05) is 11.8 Å². The number of hydrogen-bond acceptors (Lipinski definition) is 10. The van der Waals surface area contributed by atoms with Gasteiger partial charge in [0.1, 0.15) is 34.7 Å². The summed E-state index contributed by atoms with van der Waals surface area (Å²) in [6.45, 7) is 8.76. The van der Waals surface area contributed by atoms with E-state index in [4.69, 9.17) is 9.72 Å². The molecule has 0 unspecified atom stereocenters. The van der Waals surface area contributed by atoms with Gasteiger partial charge in [-0.2, -0.15) is 0 Å². The number of anilines is 3. The lowest BCUT2D eigenvalue weighted by atomic mass is 10.1. The lowest BCUT2D eigenvalue weighted by Gasteiger charge is -2.40. The van der Waals surface area contributed by atoms with Crippen LogP contribution in [0.3, 0.4) is 0 Å². The predicted octanol–water partition coefficient (Wildman–Crippen LogP) is 5.27. The molecule has 0 saturated carbocycles. The van der Waals surface area contributed by atoms with Crippen molar-refractivity contribution in [1.82, 2.24) is 34.8 Å². The summed E-state index contributed by atoms with van der Waals surface area (Å²) in [5, 5.41) is 11.0. The van der Waals surface area contributed by atoms with Crippen LogP contribution < -0.4 is 19.7 Å². The van der Waals surface area contributed by atoms with Crippen molar-refractivity contribution in [3.8, 4) is 17.2 Å². The van der Waals surface area contributed by atoms with E-state index in [1.807, 2.05) is 17.9 Å². The van der Waals surface area contributed by atoms with E-state index < -0.39 is 12.1 Å². The maximum atomic E-state index is 13.6. The Labute approximate surface area is 255 Å². The van der Waals surface area contributed by atoms with Crippen LogP contribution in [0.15, 0.2) is 61.4 Å². The van der Waals surface area contributed by atoms with Crippen molar-refractivity contribution in [3.05, 3.63) is 67.0 Å². The molecule has 0 radical (unpaired) electrons. The van der Waals surface area contributed by atoms with E-state index in [-0.39, 0.29) is 29.2 Å². The molecule has 45 heavy (non-hydrogen) atoms. The zero-order valence-corrected chi connectivity index (χ0v) is 24.5. The number of piperazine rings is 1. The number of carbonyl (C=O) groups is 1. The molecule has 4 heterocycles. The van der Waals surface area contributed by atoms with Crippen LogP contribution in [0.5, 0.6) is 17.2 Å². The van der Waals surface area contributed by atoms with Crippen LogP contribution in [0.25, 0.3) is 22.1 Å². The molecule has 1 aliphatic rings. The van der Waals surface area contributed by atoms with E-state index in [0.717, 1.165) is 5.52 Å². The number of aromatic nitrogens is 6. The highest BCUT2D eigenvalue weighted by molar-refractivity contribution is 5.89. The lowest BCUT2D eigenvalue weighted by Crippen LogP contribution is -2.53. The summed E-state index contributed by atoms with van der Waals surface area (Å²) in [7, 11) is 1.75. The average Bonchev–Trinajstić information content (AvgIpc) is 3.37. The van der Waals surface area contributed by atoms with Crippen LogP contribution in [-0.2, 0) is 11.8 Å². The van der Waals surface area contributed by atoms with Gasteiger partial charge in [-0.3, -0.25) is 4.79 Å². The van der Waals surface area contributed by atoms with Gasteiger partial charge in [0.25, 0.3) is 0 Å². The molecule has 0 spiro atoms. The second-order valence-corrected chi connectivity index (χ2v) is 10.5. The fourth-order valence-corrected chi connectivity index (χ4v) is 5.23. The third-order valence-electron chi connectivity index (χ3n) is 7.44. The molecule has 2 aromatic carbocycles. The molecule has 1 atom stereocenters. The van der Waals surface area contributed by atoms with Crippen LogP contribution in [0.2, 0.25) is 0 Å². The molecule has 15 heteroatoms. The molecule has 0 aliphatic carbocycles. The minimum atomic E-state index is -4.98. The average molecular weight is 620 g/mol. The normalized spacial score (nSPS) is 15.4. The summed E-state index contributed by atoms with van der Waals surface area (Å²) < 4.78 is 52.6. The minimum absolute atomic E-state index is 0.000991. The third kappa shape index (κ3) is 6.14. The molecule has 1 saturated heterocycles. The second-order valence-electron chi connectivity index (χ2n) is 10.5. The first-order valence-corrected chi connectivity index (χ1v) is 13.9. The van der Waals surface area contributed by atoms with Gasteiger partial charge < -0.3 is 24.6 Å². The number of aryl methyl sites for hydroxylation is 2. The number of pyridine rings is 1. The van der Waals surface area contributed by atoms with E-state index in [2.05, 4.69) is 36.9 Å². The van der Waals surface area contributed by atoms with Crippen molar-refractivity contribution in [2.45, 2.75) is 26.3 Å². The number of halogens is 3. The Bertz CT molecular complexity index is 1930. The molecule has 0 bridgehead atoms. The first-order valence-electron chi connectivity index (χ1n) is 13.9. The van der Waals surface area contributed by atoms with Gasteiger partial charge in [-0.15, -0.1) is 18.3 Å². The van der Waals surface area contributed by atoms with E-state index in [0.29, 0.717) is 53.3 Å². The molecule has 3 aromatic heterocycles. The number of nitrogens with zero attached hydrogens (tertiary/aromatic N) is 8. The Balaban J connectivity index is 1.32. The van der Waals surface area contributed by atoms with Crippen molar-refractivity contribution in [2.24, 2.45) is 7.05 Å². The second kappa shape index (κ2) is 11.6. The van der Waals surface area contributed by atoms with Crippen LogP contribution in [0.4, 0.5) is 30.5 Å². The number of benzene rings is 2. The lowest BCUT2D eigenvalue weighted by molar-refractivity contribution is -0.274. The number of nitrogens with one attached hydrogen (secondary N) is 1. The summed E-state index contributed by atoms with van der Waals surface area (Å²) in [5.41, 5.74) is 2.70. The summed E-state index contributed by atoms with van der Waals surface area (Å²) in [4.78, 5) is 29.3. The molecular formula is C30H28F3N9O3. The molecule has 1 amide bonds. The highest BCUT2D eigenvalue weighted by atomic mass is 19.4. The highest BCUT2D eigenvalue weighted by Crippen LogP contribution is 2.40. The number of rotatable bonds is 7. The topological polar surface area (TPSA) is 123 Å². The molecule has 5 aromatic rings. The number of amides is 1. The van der Waals surface area contributed by atoms with Crippen LogP contribution >= 0.6 is 0 Å². The van der Waals surface area contributed by atoms with Crippen molar-refractivity contribution in [1.29, 1.82) is 0 Å². The Hall–Kier alpha value is -5.47. The Morgan fingerprint density at radius 2 is 1.91 bits per heavy atom. The number of fused-ring (bicyclic) bond motifs is 2. The van der Waals surface area contributed by atoms with E-state index in [1.54, 1.807) is 47.8 Å². The highest BCUT2D eigenvalue weighted by Gasteiger charge is 2.33. The van der Waals surface area contributed by atoms with Gasteiger partial charge in [-0.05, 0) is 55.8 Å². The first kappa shape index (κ1) is 29.6. The fourth-order valence-electron chi connectivity index (χ4n) is 5.23. The van der Waals surface area contributed by atoms with Gasteiger partial charge in [0.2, 0.25) is 5.91 Å². The maximum absolute atomic E-state index is 13.6. The number of carbonyl (C=O) groups excluding carboxylic acids is 1. The maximum Gasteiger partial charge on any atom is 0.573 e. The zero-order chi connectivity index (χ0) is 31.9. The standard InChI is InChI=1S/C30H28F3N9O3/c1-5-27(43)42-11-10-41(15-18(42)3)26-9-7-20-28(37-26)29(35-16-34-20)36-22-12-17(2)24(14-25(22)45-30(31,32)33)44-19-6-8-23-21(13-19)38-39-40(23)4/h5-9,12-14,16,18H,1,10-11,15H2,2-4H3,(H,34,35,36)/t18-/m1/s1. The summed E-state index contributed by atoms with van der Waals surface area (Å²) in [6, 6.07) is 11.2. The third-order valence-corrected chi connectivity index (χ3v) is 7.44. The molecule has 12 nitrogen and oxygen atoms in total. The van der Waals surface area contributed by atoms with Crippen LogP contribution in [0.1, 0.15) is 12.5 Å². The summed E-state index contributed by atoms with van der Waals surface area (Å²) >= 11 is 0. The number of hydrogen-bond donors (Lipinski definition) is 1. The summed E-state index contributed by atoms with van der Waals surface area (Å²) in [5.74, 6) is 0.659. The molecule has 6 rings (SSSR count). The monoisotopic (exact) mass is 619 g/mol. The van der Waals surface area contributed by atoms with Gasteiger partial charge in [0, 0.05) is 44.9 Å². The van der Waals surface area contributed by atoms with E-state index in [9.17, 15) is 18.0 Å². The van der Waals surface area contributed by atoms with Crippen LogP contribution in [-0.4, -0.2) is 72.8 Å². The SMILES string of the molecule is C=CC(=O)N1CCN(c2ccc3ncnc(Nc4cc(C)c(Oc5ccc6c(c5)nnn6C)cc4OC(F)(F)F)c3n2)C[C@H]1C. The largest absolute Gasteiger partial charge is 0.573 e. The molecule has 232 valence electrons. The fraction of sp³-hybridized carbons (Fsp3) is 0.267. The van der Waals surface area contributed by atoms with Gasteiger partial charge in [-0.25, -0.2) is 19.6 Å². The number of alkyl halides is 3. The van der Waals surface area contributed by atoms with Crippen molar-refractivity contribution >= 4 is 45.3 Å². The zero-order valence-electron chi connectivity index (χ0n) is 24.5. The molecule has 1 aliphatic heterocycles.